The average molecular weight is 411 g/mol. The quantitative estimate of drug-likeness (QED) is 0.519. The van der Waals surface area contributed by atoms with Crippen LogP contribution >= 0.6 is 0 Å². The largest absolute Gasteiger partial charge is 0.493 e. The van der Waals surface area contributed by atoms with E-state index in [1.807, 2.05) is 22.8 Å². The number of aromatic nitrogens is 1. The number of pyridine rings is 1. The lowest BCUT2D eigenvalue weighted by molar-refractivity contribution is 0.194. The molecule has 0 amide bonds. The molecule has 0 unspecified atom stereocenters. The molecule has 0 atom stereocenters. The lowest BCUT2D eigenvalue weighted by Crippen LogP contribution is -2.28. The molecule has 0 aliphatic heterocycles. The van der Waals surface area contributed by atoms with Gasteiger partial charge in [0.1, 0.15) is 0 Å². The fraction of sp³-hybridized carbons (Fsp3) is 0.375. The third-order valence-corrected chi connectivity index (χ3v) is 5.15. The van der Waals surface area contributed by atoms with Gasteiger partial charge in [0.05, 0.1) is 26.3 Å². The van der Waals surface area contributed by atoms with E-state index in [4.69, 9.17) is 14.2 Å². The third-order valence-electron chi connectivity index (χ3n) is 5.15. The van der Waals surface area contributed by atoms with Crippen molar-refractivity contribution in [2.75, 3.05) is 34.5 Å². The molecule has 30 heavy (non-hydrogen) atoms. The van der Waals surface area contributed by atoms with Crippen LogP contribution in [0.4, 0.5) is 0 Å². The summed E-state index contributed by atoms with van der Waals surface area (Å²) in [5.74, 6) is 1.25. The number of hydrogen-bond acceptors (Lipinski definition) is 5. The zero-order chi connectivity index (χ0) is 21.5. The topological polar surface area (TPSA) is 61.7 Å². The Kier molecular flexibility index (Phi) is 7.49. The van der Waals surface area contributed by atoms with Crippen LogP contribution in [0.5, 0.6) is 11.5 Å². The first-order valence-electron chi connectivity index (χ1n) is 10.1. The van der Waals surface area contributed by atoms with Crippen LogP contribution in [0.3, 0.4) is 0 Å². The zero-order valence-electron chi connectivity index (χ0n) is 18.2. The van der Waals surface area contributed by atoms with Crippen LogP contribution in [0.15, 0.2) is 47.3 Å². The molecular formula is C24H30N2O4. The van der Waals surface area contributed by atoms with Crippen LogP contribution in [-0.4, -0.2) is 39.0 Å². The molecule has 6 nitrogen and oxygen atoms in total. The molecule has 0 bridgehead atoms. The second-order valence-corrected chi connectivity index (χ2v) is 7.34. The van der Waals surface area contributed by atoms with E-state index in [1.54, 1.807) is 21.3 Å². The molecule has 160 valence electrons. The molecule has 0 saturated carbocycles. The van der Waals surface area contributed by atoms with E-state index < -0.39 is 0 Å². The fourth-order valence-corrected chi connectivity index (χ4v) is 3.49. The number of nitrogens with zero attached hydrogens (tertiary/aromatic N) is 1. The summed E-state index contributed by atoms with van der Waals surface area (Å²) in [6.45, 7) is 4.52. The van der Waals surface area contributed by atoms with Crippen LogP contribution in [0.1, 0.15) is 23.1 Å². The molecule has 6 heteroatoms. The van der Waals surface area contributed by atoms with Crippen molar-refractivity contribution >= 4 is 10.9 Å². The van der Waals surface area contributed by atoms with Crippen molar-refractivity contribution in [1.29, 1.82) is 0 Å². The molecule has 3 aromatic rings. The summed E-state index contributed by atoms with van der Waals surface area (Å²) < 4.78 is 17.8. The summed E-state index contributed by atoms with van der Waals surface area (Å²) in [6, 6.07) is 14.0. The smallest absolute Gasteiger partial charge is 0.255 e. The van der Waals surface area contributed by atoms with Crippen LogP contribution in [0.2, 0.25) is 0 Å². The van der Waals surface area contributed by atoms with Gasteiger partial charge in [-0.25, -0.2) is 0 Å². The van der Waals surface area contributed by atoms with Crippen molar-refractivity contribution in [2.45, 2.75) is 26.4 Å². The summed E-state index contributed by atoms with van der Waals surface area (Å²) in [7, 11) is 4.91. The molecule has 0 saturated heterocycles. The maximum absolute atomic E-state index is 13.4. The van der Waals surface area contributed by atoms with Crippen LogP contribution in [0, 0.1) is 6.92 Å². The highest BCUT2D eigenvalue weighted by molar-refractivity contribution is 5.84. The monoisotopic (exact) mass is 410 g/mol. The first kappa shape index (κ1) is 21.9. The molecule has 0 aliphatic carbocycles. The SMILES string of the molecule is COCCCNCc1cc2cc(OC)c(OC)cc2n(Cc2ccc(C)cc2)c1=O. The Morgan fingerprint density at radius 1 is 0.967 bits per heavy atom. The van der Waals surface area contributed by atoms with Crippen molar-refractivity contribution < 1.29 is 14.2 Å². The number of aryl methyl sites for hydroxylation is 1. The minimum Gasteiger partial charge on any atom is -0.493 e. The Bertz CT molecular complexity index is 1040. The maximum atomic E-state index is 13.4. The summed E-state index contributed by atoms with van der Waals surface area (Å²) in [5.41, 5.74) is 3.80. The van der Waals surface area contributed by atoms with E-state index >= 15 is 0 Å². The van der Waals surface area contributed by atoms with Gasteiger partial charge in [-0.2, -0.15) is 0 Å². The van der Waals surface area contributed by atoms with Crippen molar-refractivity contribution in [3.8, 4) is 11.5 Å². The van der Waals surface area contributed by atoms with Gasteiger partial charge in [-0.05, 0) is 37.6 Å². The standard InChI is InChI=1S/C24H30N2O4/c1-17-6-8-18(9-7-17)16-26-21-14-23(30-4)22(29-3)13-19(21)12-20(24(26)27)15-25-10-5-11-28-2/h6-9,12-14,25H,5,10-11,15-16H2,1-4H3. The van der Waals surface area contributed by atoms with Crippen LogP contribution in [-0.2, 0) is 17.8 Å². The summed E-state index contributed by atoms with van der Waals surface area (Å²) >= 11 is 0. The van der Waals surface area contributed by atoms with Gasteiger partial charge in [-0.15, -0.1) is 0 Å². The fourth-order valence-electron chi connectivity index (χ4n) is 3.49. The van der Waals surface area contributed by atoms with Crippen molar-refractivity contribution in [2.24, 2.45) is 0 Å². The van der Waals surface area contributed by atoms with Gasteiger partial charge in [0.25, 0.3) is 5.56 Å². The number of fused-ring (bicyclic) bond motifs is 1. The highest BCUT2D eigenvalue weighted by Crippen LogP contribution is 2.32. The Labute approximate surface area is 177 Å². The van der Waals surface area contributed by atoms with Gasteiger partial charge >= 0.3 is 0 Å². The van der Waals surface area contributed by atoms with E-state index in [-0.39, 0.29) is 5.56 Å². The van der Waals surface area contributed by atoms with E-state index in [1.165, 1.54) is 5.56 Å². The van der Waals surface area contributed by atoms with Gasteiger partial charge in [0.15, 0.2) is 11.5 Å². The third kappa shape index (κ3) is 5.01. The van der Waals surface area contributed by atoms with Gasteiger partial charge in [0.2, 0.25) is 0 Å². The number of benzene rings is 2. The van der Waals surface area contributed by atoms with E-state index in [0.29, 0.717) is 31.2 Å². The van der Waals surface area contributed by atoms with Crippen molar-refractivity contribution in [3.05, 3.63) is 69.5 Å². The molecule has 0 spiro atoms. The normalized spacial score (nSPS) is 11.1. The minimum absolute atomic E-state index is 0.00506. The van der Waals surface area contributed by atoms with Gasteiger partial charge in [0, 0.05) is 37.3 Å². The Balaban J connectivity index is 2.05. The molecule has 1 N–H and O–H groups in total. The molecule has 1 heterocycles. The molecule has 0 radical (unpaired) electrons. The van der Waals surface area contributed by atoms with Crippen LogP contribution in [0.25, 0.3) is 10.9 Å². The summed E-state index contributed by atoms with van der Waals surface area (Å²) in [6.07, 6.45) is 0.895. The van der Waals surface area contributed by atoms with E-state index in [2.05, 4.69) is 36.5 Å². The molecule has 0 fully saturated rings. The highest BCUT2D eigenvalue weighted by atomic mass is 16.5. The molecule has 2 aromatic carbocycles. The zero-order valence-corrected chi connectivity index (χ0v) is 18.2. The first-order valence-corrected chi connectivity index (χ1v) is 10.1. The predicted octanol–water partition coefficient (Wildman–Crippen LogP) is 3.50. The average Bonchev–Trinajstić information content (AvgIpc) is 2.76. The number of hydrogen-bond donors (Lipinski definition) is 1. The van der Waals surface area contributed by atoms with Crippen molar-refractivity contribution in [3.63, 3.8) is 0 Å². The van der Waals surface area contributed by atoms with Gasteiger partial charge in [-0.3, -0.25) is 4.79 Å². The van der Waals surface area contributed by atoms with E-state index in [9.17, 15) is 4.79 Å². The number of nitrogens with one attached hydrogen (secondary N) is 1. The molecule has 1 aromatic heterocycles. The minimum atomic E-state index is -0.00506. The molecular weight excluding hydrogens is 380 g/mol. The first-order chi connectivity index (χ1) is 14.6. The number of rotatable bonds is 10. The number of ether oxygens (including phenoxy) is 3. The lowest BCUT2D eigenvalue weighted by Gasteiger charge is -2.16. The highest BCUT2D eigenvalue weighted by Gasteiger charge is 2.14. The second kappa shape index (κ2) is 10.3. The van der Waals surface area contributed by atoms with Gasteiger partial charge < -0.3 is 24.1 Å². The summed E-state index contributed by atoms with van der Waals surface area (Å²) in [4.78, 5) is 13.4. The lowest BCUT2D eigenvalue weighted by atomic mass is 10.1. The Hall–Kier alpha value is -2.83. The predicted molar refractivity (Wildman–Crippen MR) is 120 cm³/mol. The second-order valence-electron chi connectivity index (χ2n) is 7.34. The summed E-state index contributed by atoms with van der Waals surface area (Å²) in [5, 5.41) is 4.28. The van der Waals surface area contributed by atoms with Crippen LogP contribution < -0.4 is 20.3 Å². The maximum Gasteiger partial charge on any atom is 0.255 e. The van der Waals surface area contributed by atoms with Crippen molar-refractivity contribution in [1.82, 2.24) is 9.88 Å². The molecule has 0 aliphatic rings. The Morgan fingerprint density at radius 3 is 2.33 bits per heavy atom. The van der Waals surface area contributed by atoms with Gasteiger partial charge in [-0.1, -0.05) is 29.8 Å². The number of methoxy groups -OCH3 is 3. The Morgan fingerprint density at radius 2 is 1.67 bits per heavy atom. The molecule has 3 rings (SSSR count). The van der Waals surface area contributed by atoms with E-state index in [0.717, 1.165) is 35.0 Å².